The number of aryl methyl sites for hydroxylation is 2. The number of carbonyl (C=O) groups is 1. The highest BCUT2D eigenvalue weighted by atomic mass is 32.2. The van der Waals surface area contributed by atoms with E-state index in [-0.39, 0.29) is 35.4 Å². The summed E-state index contributed by atoms with van der Waals surface area (Å²) in [5.41, 5.74) is 0.354. The van der Waals surface area contributed by atoms with Gasteiger partial charge in [-0.2, -0.15) is 4.31 Å². The number of piperazine rings is 1. The Kier molecular flexibility index (Phi) is 7.66. The van der Waals surface area contributed by atoms with E-state index in [4.69, 9.17) is 16.7 Å². The Balaban J connectivity index is 1.91. The van der Waals surface area contributed by atoms with E-state index >= 15 is 0 Å². The first-order valence-electron chi connectivity index (χ1n) is 8.84. The molecule has 0 N–H and O–H groups in total. The maximum Gasteiger partial charge on any atom is 0.248 e. The quantitative estimate of drug-likeness (QED) is 0.623. The molecule has 0 spiro atoms. The van der Waals surface area contributed by atoms with Crippen LogP contribution in [0.3, 0.4) is 0 Å². The number of rotatable bonds is 6. The molecule has 1 aromatic rings. The minimum Gasteiger partial charge on any atom is -0.360 e. The fourth-order valence-electron chi connectivity index (χ4n) is 2.94. The predicted octanol–water partition coefficient (Wildman–Crippen LogP) is 1.48. The van der Waals surface area contributed by atoms with Gasteiger partial charge in [0.05, 0.1) is 5.75 Å². The molecular weight excluding hydrogens is 408 g/mol. The zero-order valence-corrected chi connectivity index (χ0v) is 18.5. The van der Waals surface area contributed by atoms with Crippen LogP contribution >= 0.6 is 24.0 Å². The molecule has 0 unspecified atom stereocenters. The van der Waals surface area contributed by atoms with Crippen molar-refractivity contribution in [3.63, 3.8) is 0 Å². The van der Waals surface area contributed by atoms with Crippen LogP contribution in [0.15, 0.2) is 9.42 Å². The molecule has 2 rings (SSSR count). The van der Waals surface area contributed by atoms with Crippen LogP contribution in [0.1, 0.15) is 25.3 Å². The largest absolute Gasteiger partial charge is 0.360 e. The number of carbonyl (C=O) groups excluding carboxylic acids is 1. The van der Waals surface area contributed by atoms with Crippen molar-refractivity contribution in [2.75, 3.05) is 45.0 Å². The first-order valence-corrected chi connectivity index (χ1v) is 11.7. The molecule has 1 aliphatic rings. The van der Waals surface area contributed by atoms with E-state index in [2.05, 4.69) is 5.16 Å². The molecule has 1 aromatic heterocycles. The maximum atomic E-state index is 12.8. The van der Waals surface area contributed by atoms with Crippen molar-refractivity contribution in [1.29, 1.82) is 0 Å². The van der Waals surface area contributed by atoms with Crippen molar-refractivity contribution in [2.45, 2.75) is 32.6 Å². The molecule has 0 bridgehead atoms. The summed E-state index contributed by atoms with van der Waals surface area (Å²) in [6.45, 7) is 10.1. The summed E-state index contributed by atoms with van der Waals surface area (Å²) in [6.07, 6.45) is 0. The summed E-state index contributed by atoms with van der Waals surface area (Å²) < 4.78 is 32.7. The van der Waals surface area contributed by atoms with Crippen molar-refractivity contribution >= 4 is 44.2 Å². The molecule has 1 aliphatic heterocycles. The van der Waals surface area contributed by atoms with E-state index in [0.29, 0.717) is 23.1 Å². The second-order valence-corrected chi connectivity index (χ2v) is 9.65. The molecule has 27 heavy (non-hydrogen) atoms. The molecule has 8 nitrogen and oxygen atoms in total. The number of hydrogen-bond acceptors (Lipinski definition) is 7. The van der Waals surface area contributed by atoms with Crippen LogP contribution in [0.5, 0.6) is 0 Å². The number of sulfonamides is 1. The molecule has 0 aromatic carbocycles. The van der Waals surface area contributed by atoms with Crippen LogP contribution in [0.4, 0.5) is 0 Å². The average molecular weight is 435 g/mol. The smallest absolute Gasteiger partial charge is 0.248 e. The maximum absolute atomic E-state index is 12.8. The van der Waals surface area contributed by atoms with Crippen molar-refractivity contribution in [3.8, 4) is 0 Å². The highest BCUT2D eigenvalue weighted by Crippen LogP contribution is 2.24. The zero-order valence-electron chi connectivity index (χ0n) is 16.1. The Labute approximate surface area is 170 Å². The van der Waals surface area contributed by atoms with Crippen molar-refractivity contribution in [1.82, 2.24) is 19.3 Å². The molecule has 1 amide bonds. The molecule has 152 valence electrons. The number of aromatic nitrogens is 1. The number of thioether (sulfide) groups is 1. The third-order valence-electron chi connectivity index (χ3n) is 4.50. The first-order chi connectivity index (χ1) is 12.7. The number of nitrogens with zero attached hydrogens (tertiary/aromatic N) is 4. The van der Waals surface area contributed by atoms with Gasteiger partial charge < -0.3 is 14.3 Å². The fraction of sp³-hybridized carbons (Fsp3) is 0.688. The van der Waals surface area contributed by atoms with E-state index in [0.717, 1.165) is 13.1 Å². The second-order valence-electron chi connectivity index (χ2n) is 6.17. The molecule has 0 radical (unpaired) electrons. The molecule has 11 heteroatoms. The summed E-state index contributed by atoms with van der Waals surface area (Å²) in [7, 11) is -3.67. The lowest BCUT2D eigenvalue weighted by molar-refractivity contribution is -0.129. The SMILES string of the molecule is CCN(CC)C(=S)SCC(=O)N1CCN(S(=O)(=O)c2c(C)noc2C)CC1. The summed E-state index contributed by atoms with van der Waals surface area (Å²) in [6, 6.07) is 0. The Morgan fingerprint density at radius 1 is 1.22 bits per heavy atom. The van der Waals surface area contributed by atoms with Crippen LogP contribution in [0.2, 0.25) is 0 Å². The summed E-state index contributed by atoms with van der Waals surface area (Å²) in [4.78, 5) is 16.3. The van der Waals surface area contributed by atoms with Gasteiger partial charge in [-0.05, 0) is 27.7 Å². The van der Waals surface area contributed by atoms with Gasteiger partial charge in [0.2, 0.25) is 15.9 Å². The van der Waals surface area contributed by atoms with Gasteiger partial charge in [-0.25, -0.2) is 8.42 Å². The van der Waals surface area contributed by atoms with Gasteiger partial charge in [-0.1, -0.05) is 29.1 Å². The van der Waals surface area contributed by atoms with E-state index in [9.17, 15) is 13.2 Å². The first kappa shape index (κ1) is 22.1. The van der Waals surface area contributed by atoms with Crippen LogP contribution < -0.4 is 0 Å². The number of thiocarbonyl (C=S) groups is 1. The van der Waals surface area contributed by atoms with Crippen molar-refractivity contribution in [2.24, 2.45) is 0 Å². The Morgan fingerprint density at radius 3 is 2.30 bits per heavy atom. The average Bonchev–Trinajstić information content (AvgIpc) is 2.99. The van der Waals surface area contributed by atoms with Crippen LogP contribution in [0, 0.1) is 13.8 Å². The second kappa shape index (κ2) is 9.35. The molecule has 0 atom stereocenters. The third kappa shape index (κ3) is 5.01. The monoisotopic (exact) mass is 434 g/mol. The summed E-state index contributed by atoms with van der Waals surface area (Å²) in [5.74, 6) is 0.530. The Morgan fingerprint density at radius 2 is 1.81 bits per heavy atom. The Bertz CT molecular complexity index is 762. The van der Waals surface area contributed by atoms with E-state index in [1.807, 2.05) is 18.7 Å². The molecule has 1 fully saturated rings. The molecule has 2 heterocycles. The molecule has 0 saturated carbocycles. The minimum atomic E-state index is -3.67. The zero-order chi connectivity index (χ0) is 20.2. The van der Waals surface area contributed by atoms with Crippen molar-refractivity contribution < 1.29 is 17.7 Å². The van der Waals surface area contributed by atoms with Gasteiger partial charge in [-0.15, -0.1) is 0 Å². The predicted molar refractivity (Wildman–Crippen MR) is 109 cm³/mol. The summed E-state index contributed by atoms with van der Waals surface area (Å²) >= 11 is 6.70. The minimum absolute atomic E-state index is 0.0242. The highest BCUT2D eigenvalue weighted by molar-refractivity contribution is 8.23. The lowest BCUT2D eigenvalue weighted by Crippen LogP contribution is -2.51. The lowest BCUT2D eigenvalue weighted by atomic mass is 10.3. The lowest BCUT2D eigenvalue weighted by Gasteiger charge is -2.34. The van der Waals surface area contributed by atoms with Gasteiger partial charge >= 0.3 is 0 Å². The standard InChI is InChI=1S/C16H26N4O4S3/c1-5-18(6-2)16(25)26-11-14(21)19-7-9-20(10-8-19)27(22,23)15-12(3)17-24-13(15)4/h5-11H2,1-4H3. The van der Waals surface area contributed by atoms with Crippen LogP contribution in [-0.2, 0) is 14.8 Å². The van der Waals surface area contributed by atoms with Crippen LogP contribution in [-0.4, -0.2) is 82.9 Å². The highest BCUT2D eigenvalue weighted by Gasteiger charge is 2.34. The van der Waals surface area contributed by atoms with Gasteiger partial charge in [-0.3, -0.25) is 4.79 Å². The van der Waals surface area contributed by atoms with Gasteiger partial charge in [0.25, 0.3) is 0 Å². The molecule has 0 aliphatic carbocycles. The van der Waals surface area contributed by atoms with E-state index in [1.54, 1.807) is 18.7 Å². The molecular formula is C16H26N4O4S3. The van der Waals surface area contributed by atoms with Gasteiger partial charge in [0.1, 0.15) is 14.9 Å². The van der Waals surface area contributed by atoms with E-state index < -0.39 is 10.0 Å². The van der Waals surface area contributed by atoms with E-state index in [1.165, 1.54) is 16.1 Å². The van der Waals surface area contributed by atoms with Crippen molar-refractivity contribution in [3.05, 3.63) is 11.5 Å². The third-order valence-corrected chi connectivity index (χ3v) is 8.15. The number of hydrogen-bond donors (Lipinski definition) is 0. The topological polar surface area (TPSA) is 87.0 Å². The summed E-state index contributed by atoms with van der Waals surface area (Å²) in [5, 5.41) is 3.73. The van der Waals surface area contributed by atoms with Crippen LogP contribution in [0.25, 0.3) is 0 Å². The Hall–Kier alpha value is -1.17. The number of amides is 1. The normalized spacial score (nSPS) is 15.8. The fourth-order valence-corrected chi connectivity index (χ4v) is 5.96. The molecule has 1 saturated heterocycles. The van der Waals surface area contributed by atoms with Gasteiger partial charge in [0.15, 0.2) is 5.76 Å². The van der Waals surface area contributed by atoms with Gasteiger partial charge in [0, 0.05) is 39.3 Å².